The van der Waals surface area contributed by atoms with Gasteiger partial charge in [-0.3, -0.25) is 9.59 Å². The number of likely N-dealkylation sites (tertiary alicyclic amines) is 2. The highest BCUT2D eigenvalue weighted by Gasteiger charge is 2.45. The molecule has 1 aromatic carbocycles. The number of carbonyl (C=O) groups is 2. The highest BCUT2D eigenvalue weighted by molar-refractivity contribution is 7.98. The van der Waals surface area contributed by atoms with Crippen LogP contribution in [0.15, 0.2) is 30.3 Å². The summed E-state index contributed by atoms with van der Waals surface area (Å²) in [6.45, 7) is 2.72. The average Bonchev–Trinajstić information content (AvgIpc) is 2.95. The van der Waals surface area contributed by atoms with Crippen molar-refractivity contribution in [3.63, 3.8) is 0 Å². The van der Waals surface area contributed by atoms with Crippen LogP contribution in [-0.2, 0) is 16.1 Å². The summed E-state index contributed by atoms with van der Waals surface area (Å²) in [6.07, 6.45) is 3.84. The van der Waals surface area contributed by atoms with Gasteiger partial charge in [0.1, 0.15) is 6.10 Å². The maximum Gasteiger partial charge on any atom is 0.251 e. The highest BCUT2D eigenvalue weighted by atomic mass is 32.2. The number of amides is 2. The molecule has 0 aliphatic carbocycles. The summed E-state index contributed by atoms with van der Waals surface area (Å²) in [6, 6.07) is 10.1. The number of hydrogen-bond donors (Lipinski definition) is 1. The molecule has 1 N–H and O–H groups in total. The third-order valence-electron chi connectivity index (χ3n) is 5.64. The van der Waals surface area contributed by atoms with Crippen molar-refractivity contribution in [3.8, 4) is 0 Å². The van der Waals surface area contributed by atoms with E-state index in [9.17, 15) is 14.7 Å². The van der Waals surface area contributed by atoms with Gasteiger partial charge >= 0.3 is 0 Å². The predicted octanol–water partition coefficient (Wildman–Crippen LogP) is 2.14. The van der Waals surface area contributed by atoms with Crippen LogP contribution in [0.25, 0.3) is 0 Å². The highest BCUT2D eigenvalue weighted by Crippen LogP contribution is 2.41. The number of benzene rings is 1. The van der Waals surface area contributed by atoms with Gasteiger partial charge in [0, 0.05) is 38.0 Å². The molecule has 142 valence electrons. The third kappa shape index (κ3) is 4.41. The second-order valence-corrected chi connectivity index (χ2v) is 8.52. The molecule has 2 saturated heterocycles. The quantitative estimate of drug-likeness (QED) is 0.826. The summed E-state index contributed by atoms with van der Waals surface area (Å²) < 4.78 is 0. The van der Waals surface area contributed by atoms with Crippen molar-refractivity contribution in [2.24, 2.45) is 5.41 Å². The molecule has 2 heterocycles. The zero-order chi connectivity index (χ0) is 18.6. The van der Waals surface area contributed by atoms with E-state index in [2.05, 4.69) is 12.1 Å². The molecule has 5 nitrogen and oxygen atoms in total. The Morgan fingerprint density at radius 1 is 1.27 bits per heavy atom. The second-order valence-electron chi connectivity index (χ2n) is 7.53. The summed E-state index contributed by atoms with van der Waals surface area (Å²) in [4.78, 5) is 28.6. The zero-order valence-corrected chi connectivity index (χ0v) is 16.2. The zero-order valence-electron chi connectivity index (χ0n) is 15.4. The van der Waals surface area contributed by atoms with Gasteiger partial charge in [-0.1, -0.05) is 30.3 Å². The van der Waals surface area contributed by atoms with Gasteiger partial charge in [0.15, 0.2) is 0 Å². The summed E-state index contributed by atoms with van der Waals surface area (Å²) in [7, 11) is 0. The molecule has 2 fully saturated rings. The third-order valence-corrected chi connectivity index (χ3v) is 6.28. The number of nitrogens with zero attached hydrogens (tertiary/aromatic N) is 2. The molecule has 2 amide bonds. The summed E-state index contributed by atoms with van der Waals surface area (Å²) in [5.41, 5.74) is 1.15. The Balaban J connectivity index is 1.54. The van der Waals surface area contributed by atoms with Crippen molar-refractivity contribution >= 4 is 23.6 Å². The summed E-state index contributed by atoms with van der Waals surface area (Å²) in [5, 5.41) is 10.0. The van der Waals surface area contributed by atoms with Crippen LogP contribution in [0.2, 0.25) is 0 Å². The molecule has 2 aliphatic rings. The van der Waals surface area contributed by atoms with Crippen LogP contribution in [0, 0.1) is 5.41 Å². The fourth-order valence-corrected chi connectivity index (χ4v) is 4.49. The fraction of sp³-hybridized carbons (Fsp3) is 0.600. The number of aliphatic hydroxyl groups is 1. The Hall–Kier alpha value is -1.53. The first-order valence-corrected chi connectivity index (χ1v) is 10.7. The van der Waals surface area contributed by atoms with Crippen LogP contribution < -0.4 is 0 Å². The minimum Gasteiger partial charge on any atom is -0.383 e. The lowest BCUT2D eigenvalue weighted by Crippen LogP contribution is -2.47. The number of hydrogen-bond acceptors (Lipinski definition) is 4. The Morgan fingerprint density at radius 2 is 1.96 bits per heavy atom. The van der Waals surface area contributed by atoms with Crippen LogP contribution in [0.1, 0.15) is 31.2 Å². The van der Waals surface area contributed by atoms with Gasteiger partial charge in [0.05, 0.1) is 0 Å². The lowest BCUT2D eigenvalue weighted by atomic mass is 9.77. The smallest absolute Gasteiger partial charge is 0.251 e. The van der Waals surface area contributed by atoms with Crippen LogP contribution in [0.5, 0.6) is 0 Å². The second kappa shape index (κ2) is 8.44. The van der Waals surface area contributed by atoms with E-state index in [0.717, 1.165) is 30.7 Å². The molecule has 1 atom stereocenters. The topological polar surface area (TPSA) is 60.9 Å². The Bertz CT molecular complexity index is 629. The minimum absolute atomic E-state index is 0.00708. The van der Waals surface area contributed by atoms with E-state index in [4.69, 9.17) is 0 Å². The lowest BCUT2D eigenvalue weighted by molar-refractivity contribution is -0.142. The molecule has 0 radical (unpaired) electrons. The number of piperidine rings is 1. The van der Waals surface area contributed by atoms with Gasteiger partial charge < -0.3 is 14.9 Å². The maximum atomic E-state index is 12.5. The maximum absolute atomic E-state index is 12.5. The lowest BCUT2D eigenvalue weighted by Gasteiger charge is -2.39. The van der Waals surface area contributed by atoms with E-state index in [0.29, 0.717) is 32.5 Å². The van der Waals surface area contributed by atoms with Crippen LogP contribution in [0.3, 0.4) is 0 Å². The molecule has 1 aromatic rings. The van der Waals surface area contributed by atoms with Gasteiger partial charge in [0.2, 0.25) is 5.91 Å². The van der Waals surface area contributed by atoms with E-state index < -0.39 is 6.10 Å². The standard InChI is InChI=1S/C20H28N2O3S/c1-26-12-7-17(23)19(25)21-10-8-20(9-11-21)13-18(24)22(15-20)14-16-5-3-2-4-6-16/h2-6,17,23H,7-15H2,1H3/t17-/m0/s1. The van der Waals surface area contributed by atoms with Gasteiger partial charge in [-0.15, -0.1) is 0 Å². The molecule has 3 rings (SSSR count). The van der Waals surface area contributed by atoms with Gasteiger partial charge in [-0.2, -0.15) is 11.8 Å². The SMILES string of the molecule is CSCC[C@H](O)C(=O)N1CCC2(CC1)CC(=O)N(Cc1ccccc1)C2. The predicted molar refractivity (Wildman–Crippen MR) is 104 cm³/mol. The van der Waals surface area contributed by atoms with E-state index in [1.807, 2.05) is 29.4 Å². The Kier molecular flexibility index (Phi) is 6.24. The number of rotatable bonds is 6. The molecule has 0 aromatic heterocycles. The van der Waals surface area contributed by atoms with Gasteiger partial charge in [0.25, 0.3) is 5.91 Å². The number of carbonyl (C=O) groups excluding carboxylic acids is 2. The van der Waals surface area contributed by atoms with E-state index in [1.54, 1.807) is 16.7 Å². The first-order valence-electron chi connectivity index (χ1n) is 9.30. The van der Waals surface area contributed by atoms with Crippen molar-refractivity contribution in [2.45, 2.75) is 38.3 Å². The van der Waals surface area contributed by atoms with Crippen LogP contribution >= 0.6 is 11.8 Å². The van der Waals surface area contributed by atoms with Crippen molar-refractivity contribution < 1.29 is 14.7 Å². The molecule has 0 saturated carbocycles. The van der Waals surface area contributed by atoms with E-state index in [-0.39, 0.29) is 17.2 Å². The van der Waals surface area contributed by atoms with E-state index >= 15 is 0 Å². The number of aliphatic hydroxyl groups excluding tert-OH is 1. The van der Waals surface area contributed by atoms with Gasteiger partial charge in [-0.25, -0.2) is 0 Å². The van der Waals surface area contributed by atoms with Crippen molar-refractivity contribution in [1.29, 1.82) is 0 Å². The first kappa shape index (κ1) is 19.2. The van der Waals surface area contributed by atoms with Crippen molar-refractivity contribution in [3.05, 3.63) is 35.9 Å². The molecule has 0 unspecified atom stereocenters. The molecule has 2 aliphatic heterocycles. The Morgan fingerprint density at radius 3 is 2.62 bits per heavy atom. The normalized spacial score (nSPS) is 20.6. The molecular weight excluding hydrogens is 348 g/mol. The molecule has 26 heavy (non-hydrogen) atoms. The minimum atomic E-state index is -0.892. The number of thioether (sulfide) groups is 1. The largest absolute Gasteiger partial charge is 0.383 e. The van der Waals surface area contributed by atoms with E-state index in [1.165, 1.54) is 0 Å². The fourth-order valence-electron chi connectivity index (χ4n) is 4.03. The summed E-state index contributed by atoms with van der Waals surface area (Å²) in [5.74, 6) is 0.848. The summed E-state index contributed by atoms with van der Waals surface area (Å²) >= 11 is 1.64. The van der Waals surface area contributed by atoms with Crippen molar-refractivity contribution in [2.75, 3.05) is 31.6 Å². The molecule has 0 bridgehead atoms. The monoisotopic (exact) mass is 376 g/mol. The van der Waals surface area contributed by atoms with Gasteiger partial charge in [-0.05, 0) is 36.8 Å². The Labute approximate surface area is 159 Å². The van der Waals surface area contributed by atoms with Crippen LogP contribution in [-0.4, -0.2) is 64.5 Å². The average molecular weight is 377 g/mol. The first-order chi connectivity index (χ1) is 12.5. The molecule has 6 heteroatoms. The molecule has 1 spiro atoms. The molecular formula is C20H28N2O3S. The van der Waals surface area contributed by atoms with Crippen molar-refractivity contribution in [1.82, 2.24) is 9.80 Å². The van der Waals surface area contributed by atoms with Crippen LogP contribution in [0.4, 0.5) is 0 Å².